The summed E-state index contributed by atoms with van der Waals surface area (Å²) in [4.78, 5) is 15.6. The summed E-state index contributed by atoms with van der Waals surface area (Å²) in [6.45, 7) is 4.16. The molecular formula is C27H37F2NO. The second-order valence-electron chi connectivity index (χ2n) is 8.49. The van der Waals surface area contributed by atoms with Gasteiger partial charge < -0.3 is 0 Å². The highest BCUT2D eigenvalue weighted by Gasteiger charge is 2.15. The van der Waals surface area contributed by atoms with Gasteiger partial charge >= 0.3 is 0 Å². The normalized spacial score (nSPS) is 12.1. The minimum atomic E-state index is -1.23. The lowest BCUT2D eigenvalue weighted by Crippen LogP contribution is -2.10. The zero-order valence-corrected chi connectivity index (χ0v) is 19.1. The number of carbonyl (C=O) groups is 1. The molecule has 1 aromatic carbocycles. The molecule has 31 heavy (non-hydrogen) atoms. The standard InChI is InChI=1S/C27H37F2NO/c1-3-5-6-7-8-9-11-21-12-14-22(15-13-21)26-19-16-23(27(29)30-26)20-24(28)17-18-25(31)10-4-2/h12-16,19,24H,3-11,17-18,20H2,1-2H3. The van der Waals surface area contributed by atoms with Crippen LogP contribution in [0.2, 0.25) is 0 Å². The van der Waals surface area contributed by atoms with Crippen LogP contribution >= 0.6 is 0 Å². The van der Waals surface area contributed by atoms with Crippen molar-refractivity contribution in [2.24, 2.45) is 0 Å². The molecule has 1 atom stereocenters. The fraction of sp³-hybridized carbons (Fsp3) is 0.556. The van der Waals surface area contributed by atoms with E-state index >= 15 is 0 Å². The minimum absolute atomic E-state index is 0.0459. The van der Waals surface area contributed by atoms with Crippen molar-refractivity contribution in [1.29, 1.82) is 0 Å². The number of Topliss-reactive ketones (excluding diaryl/α,β-unsaturated/α-hetero) is 1. The van der Waals surface area contributed by atoms with E-state index in [4.69, 9.17) is 0 Å². The van der Waals surface area contributed by atoms with Gasteiger partial charge in [-0.25, -0.2) is 9.37 Å². The minimum Gasteiger partial charge on any atom is -0.300 e. The maximum absolute atomic E-state index is 14.4. The molecule has 0 saturated heterocycles. The van der Waals surface area contributed by atoms with Gasteiger partial charge in [0, 0.05) is 30.4 Å². The molecule has 2 nitrogen and oxygen atoms in total. The summed E-state index contributed by atoms with van der Waals surface area (Å²) in [6.07, 6.45) is 9.06. The summed E-state index contributed by atoms with van der Waals surface area (Å²) >= 11 is 0. The Hall–Kier alpha value is -2.10. The molecule has 0 saturated carbocycles. The number of pyridine rings is 1. The molecule has 0 aliphatic heterocycles. The third-order valence-corrected chi connectivity index (χ3v) is 5.70. The number of aryl methyl sites for hydroxylation is 1. The molecule has 0 radical (unpaired) electrons. The third kappa shape index (κ3) is 9.28. The number of nitrogens with zero attached hydrogens (tertiary/aromatic N) is 1. The summed E-state index contributed by atoms with van der Waals surface area (Å²) in [5.41, 5.74) is 2.97. The summed E-state index contributed by atoms with van der Waals surface area (Å²) in [5, 5.41) is 0. The van der Waals surface area contributed by atoms with E-state index < -0.39 is 12.1 Å². The van der Waals surface area contributed by atoms with E-state index in [2.05, 4.69) is 24.0 Å². The van der Waals surface area contributed by atoms with Gasteiger partial charge in [-0.15, -0.1) is 0 Å². The molecule has 1 unspecified atom stereocenters. The Morgan fingerprint density at radius 3 is 2.29 bits per heavy atom. The number of hydrogen-bond acceptors (Lipinski definition) is 2. The first-order valence-corrected chi connectivity index (χ1v) is 11.9. The highest BCUT2D eigenvalue weighted by molar-refractivity contribution is 5.78. The molecule has 0 N–H and O–H groups in total. The topological polar surface area (TPSA) is 30.0 Å². The number of rotatable bonds is 15. The van der Waals surface area contributed by atoms with Gasteiger partial charge in [0.15, 0.2) is 0 Å². The van der Waals surface area contributed by atoms with Crippen LogP contribution in [0.25, 0.3) is 11.3 Å². The lowest BCUT2D eigenvalue weighted by molar-refractivity contribution is -0.119. The van der Waals surface area contributed by atoms with E-state index in [0.29, 0.717) is 12.1 Å². The summed E-state index contributed by atoms with van der Waals surface area (Å²) < 4.78 is 28.6. The molecule has 170 valence electrons. The van der Waals surface area contributed by atoms with Gasteiger partial charge in [-0.1, -0.05) is 76.3 Å². The molecule has 0 aliphatic carbocycles. The maximum atomic E-state index is 14.4. The van der Waals surface area contributed by atoms with Crippen molar-refractivity contribution >= 4 is 5.78 Å². The van der Waals surface area contributed by atoms with E-state index in [1.165, 1.54) is 44.1 Å². The lowest BCUT2D eigenvalue weighted by Gasteiger charge is -2.10. The van der Waals surface area contributed by atoms with Gasteiger partial charge in [0.05, 0.1) is 5.69 Å². The Kier molecular flexibility index (Phi) is 11.4. The predicted octanol–water partition coefficient (Wildman–Crippen LogP) is 7.82. The van der Waals surface area contributed by atoms with Crippen molar-refractivity contribution in [3.63, 3.8) is 0 Å². The molecule has 0 spiro atoms. The Labute approximate surface area is 186 Å². The first kappa shape index (κ1) is 25.2. The molecule has 0 amide bonds. The molecule has 1 aromatic heterocycles. The van der Waals surface area contributed by atoms with E-state index in [-0.39, 0.29) is 30.6 Å². The van der Waals surface area contributed by atoms with Crippen molar-refractivity contribution in [1.82, 2.24) is 4.98 Å². The van der Waals surface area contributed by atoms with Crippen molar-refractivity contribution in [2.75, 3.05) is 0 Å². The number of unbranched alkanes of at least 4 members (excludes halogenated alkanes) is 5. The molecule has 0 aliphatic rings. The maximum Gasteiger partial charge on any atom is 0.216 e. The molecule has 2 aromatic rings. The summed E-state index contributed by atoms with van der Waals surface area (Å²) in [7, 11) is 0. The van der Waals surface area contributed by atoms with E-state index in [9.17, 15) is 13.6 Å². The van der Waals surface area contributed by atoms with Gasteiger partial charge in [-0.2, -0.15) is 4.39 Å². The fourth-order valence-corrected chi connectivity index (χ4v) is 3.79. The number of halogens is 2. The molecule has 0 bridgehead atoms. The van der Waals surface area contributed by atoms with Crippen LogP contribution < -0.4 is 0 Å². The smallest absolute Gasteiger partial charge is 0.216 e. The van der Waals surface area contributed by atoms with Crippen LogP contribution in [0.4, 0.5) is 8.78 Å². The number of benzene rings is 1. The second-order valence-corrected chi connectivity index (χ2v) is 8.49. The van der Waals surface area contributed by atoms with Gasteiger partial charge in [0.25, 0.3) is 0 Å². The Morgan fingerprint density at radius 2 is 1.61 bits per heavy atom. The van der Waals surface area contributed by atoms with Crippen molar-refractivity contribution in [2.45, 2.75) is 97.1 Å². The van der Waals surface area contributed by atoms with Crippen LogP contribution in [0.1, 0.15) is 89.2 Å². The van der Waals surface area contributed by atoms with E-state index in [1.807, 2.05) is 19.1 Å². The zero-order valence-electron chi connectivity index (χ0n) is 19.1. The largest absolute Gasteiger partial charge is 0.300 e. The fourth-order valence-electron chi connectivity index (χ4n) is 3.79. The van der Waals surface area contributed by atoms with Crippen LogP contribution in [0.3, 0.4) is 0 Å². The summed E-state index contributed by atoms with van der Waals surface area (Å²) in [5.74, 6) is -0.560. The number of aromatic nitrogens is 1. The van der Waals surface area contributed by atoms with Crippen LogP contribution in [0, 0.1) is 5.95 Å². The van der Waals surface area contributed by atoms with Crippen molar-refractivity contribution in [3.8, 4) is 11.3 Å². The molecule has 0 fully saturated rings. The van der Waals surface area contributed by atoms with Crippen molar-refractivity contribution < 1.29 is 13.6 Å². The lowest BCUT2D eigenvalue weighted by atomic mass is 10.0. The molecule has 1 heterocycles. The average Bonchev–Trinajstić information content (AvgIpc) is 2.77. The Bertz CT molecular complexity index is 788. The van der Waals surface area contributed by atoms with Crippen molar-refractivity contribution in [3.05, 3.63) is 53.5 Å². The highest BCUT2D eigenvalue weighted by atomic mass is 19.1. The van der Waals surface area contributed by atoms with Crippen LogP contribution in [-0.4, -0.2) is 16.9 Å². The first-order chi connectivity index (χ1) is 15.0. The SMILES string of the molecule is CCCCCCCCc1ccc(-c2ccc(CC(F)CCC(=O)CCC)c(F)n2)cc1. The van der Waals surface area contributed by atoms with Crippen LogP contribution in [-0.2, 0) is 17.6 Å². The quantitative estimate of drug-likeness (QED) is 0.213. The molecular weight excluding hydrogens is 392 g/mol. The first-order valence-electron chi connectivity index (χ1n) is 11.9. The van der Waals surface area contributed by atoms with Gasteiger partial charge in [-0.3, -0.25) is 4.79 Å². The van der Waals surface area contributed by atoms with E-state index in [1.54, 1.807) is 12.1 Å². The monoisotopic (exact) mass is 429 g/mol. The number of carbonyl (C=O) groups excluding carboxylic acids is 1. The van der Waals surface area contributed by atoms with Gasteiger partial charge in [0.1, 0.15) is 12.0 Å². The van der Waals surface area contributed by atoms with Crippen LogP contribution in [0.15, 0.2) is 36.4 Å². The highest BCUT2D eigenvalue weighted by Crippen LogP contribution is 2.22. The predicted molar refractivity (Wildman–Crippen MR) is 124 cm³/mol. The van der Waals surface area contributed by atoms with Gasteiger partial charge in [0.2, 0.25) is 5.95 Å². The average molecular weight is 430 g/mol. The van der Waals surface area contributed by atoms with Gasteiger partial charge in [-0.05, 0) is 37.3 Å². The molecule has 2 rings (SSSR count). The second kappa shape index (κ2) is 14.1. The van der Waals surface area contributed by atoms with E-state index in [0.717, 1.165) is 18.4 Å². The third-order valence-electron chi connectivity index (χ3n) is 5.70. The zero-order chi connectivity index (χ0) is 22.5. The number of hydrogen-bond donors (Lipinski definition) is 0. The molecule has 4 heteroatoms. The summed E-state index contributed by atoms with van der Waals surface area (Å²) in [6, 6.07) is 11.5. The van der Waals surface area contributed by atoms with Crippen LogP contribution in [0.5, 0.6) is 0 Å². The Morgan fingerprint density at radius 1 is 0.903 bits per heavy atom. The number of alkyl halides is 1. The number of ketones is 1. The Balaban J connectivity index is 1.85.